The number of aromatic nitrogens is 1. The number of hydrogen-bond acceptors (Lipinski definition) is 4. The third-order valence-corrected chi connectivity index (χ3v) is 1.59. The Kier molecular flexibility index (Phi) is 3.01. The molecule has 4 N–H and O–H groups in total. The second-order valence-electron chi connectivity index (χ2n) is 2.45. The minimum absolute atomic E-state index is 0.208. The van der Waals surface area contributed by atoms with E-state index >= 15 is 0 Å². The fourth-order valence-corrected chi connectivity index (χ4v) is 0.872. The highest BCUT2D eigenvalue weighted by molar-refractivity contribution is 5.17. The van der Waals surface area contributed by atoms with Gasteiger partial charge in [0, 0.05) is 12.6 Å². The van der Waals surface area contributed by atoms with Gasteiger partial charge in [-0.15, -0.1) is 0 Å². The number of hydrogen-bond donors (Lipinski definition) is 2. The average molecular weight is 167 g/mol. The molecule has 4 nitrogen and oxygen atoms in total. The Hall–Kier alpha value is -1.13. The van der Waals surface area contributed by atoms with Crippen LogP contribution in [0.4, 0.5) is 0 Å². The van der Waals surface area contributed by atoms with Crippen molar-refractivity contribution < 1.29 is 4.74 Å². The topological polar surface area (TPSA) is 74.2 Å². The normalized spacial score (nSPS) is 12.6. The highest BCUT2D eigenvalue weighted by Gasteiger charge is 2.04. The zero-order chi connectivity index (χ0) is 8.97. The van der Waals surface area contributed by atoms with Crippen molar-refractivity contribution in [1.29, 1.82) is 0 Å². The van der Waals surface area contributed by atoms with Crippen molar-refractivity contribution in [2.24, 2.45) is 11.5 Å². The van der Waals surface area contributed by atoms with Crippen molar-refractivity contribution in [2.45, 2.75) is 6.04 Å². The molecule has 1 rings (SSSR count). The second-order valence-corrected chi connectivity index (χ2v) is 2.45. The Morgan fingerprint density at radius 3 is 2.92 bits per heavy atom. The summed E-state index contributed by atoms with van der Waals surface area (Å²) in [6, 6.07) is 5.24. The fraction of sp³-hybridized carbons (Fsp3) is 0.375. The van der Waals surface area contributed by atoms with Crippen LogP contribution in [-0.4, -0.2) is 18.6 Å². The van der Waals surface area contributed by atoms with Gasteiger partial charge < -0.3 is 16.2 Å². The molecule has 0 aliphatic rings. The number of methoxy groups -OCH3 is 1. The molecule has 1 aromatic rings. The summed E-state index contributed by atoms with van der Waals surface area (Å²) in [5.41, 5.74) is 11.8. The lowest BCUT2D eigenvalue weighted by Crippen LogP contribution is -2.21. The molecular weight excluding hydrogens is 154 g/mol. The number of nitrogens with two attached hydrogens (primary N) is 2. The Labute approximate surface area is 71.5 Å². The lowest BCUT2D eigenvalue weighted by Gasteiger charge is -2.08. The van der Waals surface area contributed by atoms with E-state index in [-0.39, 0.29) is 6.04 Å². The maximum atomic E-state index is 5.67. The molecule has 0 aliphatic heterocycles. The van der Waals surface area contributed by atoms with E-state index in [0.717, 1.165) is 5.69 Å². The Morgan fingerprint density at radius 2 is 2.33 bits per heavy atom. The van der Waals surface area contributed by atoms with Crippen LogP contribution >= 0.6 is 0 Å². The summed E-state index contributed by atoms with van der Waals surface area (Å²) in [6.07, 6.45) is 0. The van der Waals surface area contributed by atoms with Crippen molar-refractivity contribution in [3.8, 4) is 5.88 Å². The van der Waals surface area contributed by atoms with Gasteiger partial charge in [-0.2, -0.15) is 0 Å². The van der Waals surface area contributed by atoms with Crippen LogP contribution in [0, 0.1) is 0 Å². The first-order valence-corrected chi connectivity index (χ1v) is 3.74. The largest absolute Gasteiger partial charge is 0.481 e. The van der Waals surface area contributed by atoms with Crippen molar-refractivity contribution in [1.82, 2.24) is 4.98 Å². The van der Waals surface area contributed by atoms with Crippen molar-refractivity contribution in [3.63, 3.8) is 0 Å². The molecule has 1 unspecified atom stereocenters. The van der Waals surface area contributed by atoms with E-state index in [1.54, 1.807) is 13.2 Å². The van der Waals surface area contributed by atoms with Crippen LogP contribution in [0.15, 0.2) is 18.2 Å². The summed E-state index contributed by atoms with van der Waals surface area (Å²) in [6.45, 7) is 0.389. The number of rotatable bonds is 3. The third-order valence-electron chi connectivity index (χ3n) is 1.59. The highest BCUT2D eigenvalue weighted by Crippen LogP contribution is 2.10. The standard InChI is InChI=1S/C8H13N3O/c1-12-8-4-2-3-7(11-8)6(10)5-9/h2-4,6H,5,9-10H2,1H3. The van der Waals surface area contributed by atoms with Crippen LogP contribution in [0.1, 0.15) is 11.7 Å². The molecule has 0 amide bonds. The van der Waals surface area contributed by atoms with E-state index in [4.69, 9.17) is 16.2 Å². The van der Waals surface area contributed by atoms with Gasteiger partial charge in [0.2, 0.25) is 5.88 Å². The highest BCUT2D eigenvalue weighted by atomic mass is 16.5. The molecule has 1 aromatic heterocycles. The molecule has 0 aromatic carbocycles. The predicted molar refractivity (Wildman–Crippen MR) is 46.8 cm³/mol. The minimum atomic E-state index is -0.208. The first-order chi connectivity index (χ1) is 5.77. The van der Waals surface area contributed by atoms with E-state index in [2.05, 4.69) is 4.98 Å². The maximum Gasteiger partial charge on any atom is 0.213 e. The Morgan fingerprint density at radius 1 is 1.58 bits per heavy atom. The number of pyridine rings is 1. The van der Waals surface area contributed by atoms with E-state index < -0.39 is 0 Å². The Bertz CT molecular complexity index is 252. The first-order valence-electron chi connectivity index (χ1n) is 3.74. The SMILES string of the molecule is COc1cccc(C(N)CN)n1. The summed E-state index contributed by atoms with van der Waals surface area (Å²) in [7, 11) is 1.57. The smallest absolute Gasteiger partial charge is 0.213 e. The van der Waals surface area contributed by atoms with Crippen molar-refractivity contribution in [2.75, 3.05) is 13.7 Å². The van der Waals surface area contributed by atoms with E-state index in [9.17, 15) is 0 Å². The van der Waals surface area contributed by atoms with Crippen LogP contribution < -0.4 is 16.2 Å². The molecule has 1 heterocycles. The summed E-state index contributed by atoms with van der Waals surface area (Å²) in [5, 5.41) is 0. The molecule has 1 atom stereocenters. The van der Waals surface area contributed by atoms with Gasteiger partial charge in [-0.3, -0.25) is 0 Å². The minimum Gasteiger partial charge on any atom is -0.481 e. The van der Waals surface area contributed by atoms with Crippen LogP contribution in [-0.2, 0) is 0 Å². The van der Waals surface area contributed by atoms with E-state index in [0.29, 0.717) is 12.4 Å². The van der Waals surface area contributed by atoms with Gasteiger partial charge in [0.05, 0.1) is 18.8 Å². The van der Waals surface area contributed by atoms with Gasteiger partial charge in [-0.1, -0.05) is 6.07 Å². The summed E-state index contributed by atoms with van der Waals surface area (Å²) < 4.78 is 4.94. The molecule has 0 aliphatic carbocycles. The monoisotopic (exact) mass is 167 g/mol. The lowest BCUT2D eigenvalue weighted by molar-refractivity contribution is 0.395. The first kappa shape index (κ1) is 8.96. The summed E-state index contributed by atoms with van der Waals surface area (Å²) >= 11 is 0. The summed E-state index contributed by atoms with van der Waals surface area (Å²) in [5.74, 6) is 0.566. The van der Waals surface area contributed by atoms with Gasteiger partial charge in [-0.05, 0) is 6.07 Å². The lowest BCUT2D eigenvalue weighted by atomic mass is 10.2. The number of ether oxygens (including phenoxy) is 1. The quantitative estimate of drug-likeness (QED) is 0.667. The molecule has 4 heteroatoms. The Balaban J connectivity index is 2.86. The average Bonchev–Trinajstić information content (AvgIpc) is 2.17. The molecule has 0 radical (unpaired) electrons. The van der Waals surface area contributed by atoms with Crippen molar-refractivity contribution >= 4 is 0 Å². The van der Waals surface area contributed by atoms with Crippen LogP contribution in [0.2, 0.25) is 0 Å². The molecule has 12 heavy (non-hydrogen) atoms. The molecular formula is C8H13N3O. The van der Waals surface area contributed by atoms with E-state index in [1.807, 2.05) is 12.1 Å². The van der Waals surface area contributed by atoms with E-state index in [1.165, 1.54) is 0 Å². The molecule has 0 bridgehead atoms. The molecule has 66 valence electrons. The van der Waals surface area contributed by atoms with Crippen LogP contribution in [0.3, 0.4) is 0 Å². The summed E-state index contributed by atoms with van der Waals surface area (Å²) in [4.78, 5) is 4.13. The maximum absolute atomic E-state index is 5.67. The van der Waals surface area contributed by atoms with Crippen molar-refractivity contribution in [3.05, 3.63) is 23.9 Å². The van der Waals surface area contributed by atoms with Crippen LogP contribution in [0.25, 0.3) is 0 Å². The zero-order valence-electron chi connectivity index (χ0n) is 7.03. The third kappa shape index (κ3) is 1.93. The van der Waals surface area contributed by atoms with Gasteiger partial charge in [0.1, 0.15) is 0 Å². The molecule has 0 saturated heterocycles. The second kappa shape index (κ2) is 4.04. The zero-order valence-corrected chi connectivity index (χ0v) is 7.03. The predicted octanol–water partition coefficient (Wildman–Crippen LogP) is 0.0487. The molecule has 0 saturated carbocycles. The molecule has 0 spiro atoms. The van der Waals surface area contributed by atoms with Gasteiger partial charge >= 0.3 is 0 Å². The number of nitrogens with zero attached hydrogens (tertiary/aromatic N) is 1. The fourth-order valence-electron chi connectivity index (χ4n) is 0.872. The van der Waals surface area contributed by atoms with Gasteiger partial charge in [0.25, 0.3) is 0 Å². The van der Waals surface area contributed by atoms with Gasteiger partial charge in [-0.25, -0.2) is 4.98 Å². The van der Waals surface area contributed by atoms with Gasteiger partial charge in [0.15, 0.2) is 0 Å². The van der Waals surface area contributed by atoms with Crippen LogP contribution in [0.5, 0.6) is 5.88 Å². The molecule has 0 fully saturated rings.